The molecule has 15 heavy (non-hydrogen) atoms. The van der Waals surface area contributed by atoms with Gasteiger partial charge in [-0.15, -0.1) is 0 Å². The highest BCUT2D eigenvalue weighted by molar-refractivity contribution is 5.51. The van der Waals surface area contributed by atoms with Gasteiger partial charge in [0.1, 0.15) is 11.6 Å². The molecule has 0 bridgehead atoms. The molecule has 3 heteroatoms. The van der Waals surface area contributed by atoms with Crippen LogP contribution < -0.4 is 10.1 Å². The van der Waals surface area contributed by atoms with Crippen molar-refractivity contribution < 1.29 is 9.13 Å². The van der Waals surface area contributed by atoms with Crippen LogP contribution in [0.2, 0.25) is 0 Å². The molecule has 0 spiro atoms. The summed E-state index contributed by atoms with van der Waals surface area (Å²) in [5.41, 5.74) is 0.590. The summed E-state index contributed by atoms with van der Waals surface area (Å²) in [4.78, 5) is 0. The topological polar surface area (TPSA) is 21.3 Å². The van der Waals surface area contributed by atoms with Crippen molar-refractivity contribution in [3.05, 3.63) is 35.7 Å². The van der Waals surface area contributed by atoms with Gasteiger partial charge in [0.25, 0.3) is 0 Å². The zero-order valence-electron chi connectivity index (χ0n) is 9.09. The van der Waals surface area contributed by atoms with Crippen LogP contribution in [0.25, 0.3) is 6.08 Å². The first kappa shape index (κ1) is 11.7. The second-order valence-corrected chi connectivity index (χ2v) is 3.18. The number of nitrogens with one attached hydrogen (secondary N) is 1. The molecular formula is C12H16FNO. The summed E-state index contributed by atoms with van der Waals surface area (Å²) in [6.07, 6.45) is 4.62. The van der Waals surface area contributed by atoms with Crippen LogP contribution in [0.15, 0.2) is 24.3 Å². The Hall–Kier alpha value is -1.35. The molecule has 0 atom stereocenters. The molecule has 0 aliphatic rings. The van der Waals surface area contributed by atoms with Crippen molar-refractivity contribution in [3.8, 4) is 5.75 Å². The van der Waals surface area contributed by atoms with Crippen LogP contribution in [0.1, 0.15) is 12.0 Å². The summed E-state index contributed by atoms with van der Waals surface area (Å²) in [6.45, 7) is 0.897. The molecule has 1 N–H and O–H groups in total. The maximum Gasteiger partial charge on any atom is 0.134 e. The number of methoxy groups -OCH3 is 1. The van der Waals surface area contributed by atoms with Crippen molar-refractivity contribution in [2.75, 3.05) is 20.7 Å². The number of hydrogen-bond donors (Lipinski definition) is 1. The molecule has 0 saturated carbocycles. The number of hydrogen-bond acceptors (Lipinski definition) is 2. The molecule has 0 fully saturated rings. The third-order valence-corrected chi connectivity index (χ3v) is 2.07. The quantitative estimate of drug-likeness (QED) is 0.752. The zero-order valence-corrected chi connectivity index (χ0v) is 9.09. The molecule has 2 nitrogen and oxygen atoms in total. The lowest BCUT2D eigenvalue weighted by atomic mass is 10.2. The number of halogens is 1. The normalized spacial score (nSPS) is 10.9. The van der Waals surface area contributed by atoms with Gasteiger partial charge in [-0.3, -0.25) is 0 Å². The van der Waals surface area contributed by atoms with Gasteiger partial charge in [-0.1, -0.05) is 12.2 Å². The third-order valence-electron chi connectivity index (χ3n) is 2.07. The molecule has 0 aromatic heterocycles. The fourth-order valence-corrected chi connectivity index (χ4v) is 1.21. The predicted octanol–water partition coefficient (Wildman–Crippen LogP) is 2.46. The molecule has 1 rings (SSSR count). The van der Waals surface area contributed by atoms with E-state index in [2.05, 4.69) is 5.32 Å². The Morgan fingerprint density at radius 3 is 2.87 bits per heavy atom. The third kappa shape index (κ3) is 3.72. The fourth-order valence-electron chi connectivity index (χ4n) is 1.21. The maximum absolute atomic E-state index is 13.4. The van der Waals surface area contributed by atoms with Crippen LogP contribution in [-0.4, -0.2) is 20.7 Å². The minimum absolute atomic E-state index is 0.255. The minimum atomic E-state index is -0.255. The Morgan fingerprint density at radius 1 is 1.47 bits per heavy atom. The highest BCUT2D eigenvalue weighted by atomic mass is 19.1. The van der Waals surface area contributed by atoms with E-state index in [1.165, 1.54) is 13.2 Å². The molecule has 0 aliphatic heterocycles. The Bertz CT molecular complexity index is 336. The second-order valence-electron chi connectivity index (χ2n) is 3.18. The van der Waals surface area contributed by atoms with Crippen LogP contribution in [0.5, 0.6) is 5.75 Å². The van der Waals surface area contributed by atoms with Crippen LogP contribution in [0.4, 0.5) is 4.39 Å². The van der Waals surface area contributed by atoms with E-state index in [0.717, 1.165) is 13.0 Å². The summed E-state index contributed by atoms with van der Waals surface area (Å²) in [7, 11) is 3.42. The van der Waals surface area contributed by atoms with E-state index in [4.69, 9.17) is 4.74 Å². The van der Waals surface area contributed by atoms with Gasteiger partial charge in [0.15, 0.2) is 0 Å². The molecule has 1 aromatic carbocycles. The number of ether oxygens (including phenoxy) is 1. The number of rotatable bonds is 5. The standard InChI is InChI=1S/C12H16FNO/c1-14-8-4-3-5-10-6-7-11(15-2)9-12(10)13/h3,5-7,9,14H,4,8H2,1-2H3. The summed E-state index contributed by atoms with van der Waals surface area (Å²) >= 11 is 0. The van der Waals surface area contributed by atoms with Crippen LogP contribution in [-0.2, 0) is 0 Å². The van der Waals surface area contributed by atoms with Crippen molar-refractivity contribution in [1.82, 2.24) is 5.32 Å². The SMILES string of the molecule is CNCCC=Cc1ccc(OC)cc1F. The van der Waals surface area contributed by atoms with Gasteiger partial charge in [-0.05, 0) is 32.1 Å². The van der Waals surface area contributed by atoms with Crippen LogP contribution >= 0.6 is 0 Å². The Labute approximate surface area is 89.8 Å². The number of benzene rings is 1. The lowest BCUT2D eigenvalue weighted by molar-refractivity contribution is 0.411. The largest absolute Gasteiger partial charge is 0.497 e. The van der Waals surface area contributed by atoms with E-state index in [9.17, 15) is 4.39 Å². The van der Waals surface area contributed by atoms with E-state index in [-0.39, 0.29) is 5.82 Å². The monoisotopic (exact) mass is 209 g/mol. The van der Waals surface area contributed by atoms with Gasteiger partial charge in [0, 0.05) is 11.6 Å². The smallest absolute Gasteiger partial charge is 0.134 e. The average molecular weight is 209 g/mol. The van der Waals surface area contributed by atoms with E-state index in [1.807, 2.05) is 13.1 Å². The molecular weight excluding hydrogens is 193 g/mol. The molecule has 0 saturated heterocycles. The van der Waals surface area contributed by atoms with Crippen molar-refractivity contribution in [2.45, 2.75) is 6.42 Å². The Balaban J connectivity index is 2.65. The first-order chi connectivity index (χ1) is 7.27. The highest BCUT2D eigenvalue weighted by Gasteiger charge is 1.99. The molecule has 1 aromatic rings. The van der Waals surface area contributed by atoms with Gasteiger partial charge in [0.2, 0.25) is 0 Å². The van der Waals surface area contributed by atoms with E-state index in [1.54, 1.807) is 18.2 Å². The van der Waals surface area contributed by atoms with Gasteiger partial charge in [-0.25, -0.2) is 4.39 Å². The predicted molar refractivity (Wildman–Crippen MR) is 60.5 cm³/mol. The zero-order chi connectivity index (χ0) is 11.1. The molecule has 0 amide bonds. The van der Waals surface area contributed by atoms with E-state index >= 15 is 0 Å². The summed E-state index contributed by atoms with van der Waals surface area (Å²) in [5.74, 6) is 0.287. The molecule has 0 unspecified atom stereocenters. The van der Waals surface area contributed by atoms with E-state index in [0.29, 0.717) is 11.3 Å². The Kier molecular flexibility index (Phi) is 4.84. The van der Waals surface area contributed by atoms with Gasteiger partial charge >= 0.3 is 0 Å². The van der Waals surface area contributed by atoms with Crippen LogP contribution in [0.3, 0.4) is 0 Å². The molecule has 0 radical (unpaired) electrons. The first-order valence-corrected chi connectivity index (χ1v) is 4.92. The molecule has 0 heterocycles. The summed E-state index contributed by atoms with van der Waals surface area (Å²) < 4.78 is 18.3. The van der Waals surface area contributed by atoms with Crippen LogP contribution in [0, 0.1) is 5.82 Å². The lowest BCUT2D eigenvalue weighted by Crippen LogP contribution is -2.05. The first-order valence-electron chi connectivity index (χ1n) is 4.92. The molecule has 0 aliphatic carbocycles. The average Bonchev–Trinajstić information content (AvgIpc) is 2.26. The summed E-state index contributed by atoms with van der Waals surface area (Å²) in [6, 6.07) is 4.85. The minimum Gasteiger partial charge on any atom is -0.497 e. The van der Waals surface area contributed by atoms with Gasteiger partial charge < -0.3 is 10.1 Å². The van der Waals surface area contributed by atoms with E-state index < -0.39 is 0 Å². The second kappa shape index (κ2) is 6.19. The van der Waals surface area contributed by atoms with Crippen molar-refractivity contribution in [2.24, 2.45) is 0 Å². The summed E-state index contributed by atoms with van der Waals surface area (Å²) in [5, 5.41) is 3.02. The molecule has 82 valence electrons. The van der Waals surface area contributed by atoms with Gasteiger partial charge in [-0.2, -0.15) is 0 Å². The highest BCUT2D eigenvalue weighted by Crippen LogP contribution is 2.17. The van der Waals surface area contributed by atoms with Crippen molar-refractivity contribution >= 4 is 6.08 Å². The van der Waals surface area contributed by atoms with Crippen molar-refractivity contribution in [1.29, 1.82) is 0 Å². The van der Waals surface area contributed by atoms with Crippen molar-refractivity contribution in [3.63, 3.8) is 0 Å². The fraction of sp³-hybridized carbons (Fsp3) is 0.333. The Morgan fingerprint density at radius 2 is 2.27 bits per heavy atom. The van der Waals surface area contributed by atoms with Gasteiger partial charge in [0.05, 0.1) is 7.11 Å². The maximum atomic E-state index is 13.4. The lowest BCUT2D eigenvalue weighted by Gasteiger charge is -2.01.